The monoisotopic (exact) mass is 356 g/mol. The largest absolute Gasteiger partial charge is 0.339 e. The Bertz CT molecular complexity index is 882. The lowest BCUT2D eigenvalue weighted by molar-refractivity contribution is -0.138. The van der Waals surface area contributed by atoms with E-state index in [4.69, 9.17) is 0 Å². The molecule has 0 bridgehead atoms. The van der Waals surface area contributed by atoms with Crippen molar-refractivity contribution in [3.05, 3.63) is 40.4 Å². The summed E-state index contributed by atoms with van der Waals surface area (Å²) in [6, 6.07) is 5.58. The second kappa shape index (κ2) is 7.68. The third-order valence-corrected chi connectivity index (χ3v) is 4.92. The third kappa shape index (κ3) is 3.76. The lowest BCUT2D eigenvalue weighted by Gasteiger charge is -2.34. The molecule has 26 heavy (non-hydrogen) atoms. The molecule has 1 aromatic carbocycles. The van der Waals surface area contributed by atoms with Crippen LogP contribution in [-0.2, 0) is 16.1 Å². The van der Waals surface area contributed by atoms with Gasteiger partial charge in [-0.1, -0.05) is 12.1 Å². The van der Waals surface area contributed by atoms with Crippen LogP contribution in [0, 0.1) is 6.92 Å². The maximum absolute atomic E-state index is 12.5. The fourth-order valence-corrected chi connectivity index (χ4v) is 3.33. The fourth-order valence-electron chi connectivity index (χ4n) is 3.33. The minimum atomic E-state index is -0.0683. The molecule has 0 N–H and O–H groups in total. The lowest BCUT2D eigenvalue weighted by Crippen LogP contribution is -2.50. The van der Waals surface area contributed by atoms with E-state index in [0.29, 0.717) is 51.0 Å². The summed E-state index contributed by atoms with van der Waals surface area (Å²) in [5.41, 5.74) is 1.64. The average Bonchev–Trinajstić information content (AvgIpc) is 2.64. The number of fused-ring (bicyclic) bond motifs is 1. The number of carbonyl (C=O) groups is 2. The molecule has 1 aromatic heterocycles. The zero-order chi connectivity index (χ0) is 18.7. The Morgan fingerprint density at radius 2 is 1.81 bits per heavy atom. The molecule has 2 amide bonds. The summed E-state index contributed by atoms with van der Waals surface area (Å²) >= 11 is 0. The van der Waals surface area contributed by atoms with Crippen LogP contribution in [0.1, 0.15) is 25.3 Å². The second-order valence-electron chi connectivity index (χ2n) is 6.70. The first-order chi connectivity index (χ1) is 12.5. The molecule has 138 valence electrons. The SMILES string of the molecule is CC(=O)N1CCN(C(=O)CCCn2cnc3c(C)cccc3c2=O)CC1. The van der Waals surface area contributed by atoms with Crippen molar-refractivity contribution in [2.24, 2.45) is 0 Å². The van der Waals surface area contributed by atoms with Gasteiger partial charge >= 0.3 is 0 Å². The highest BCUT2D eigenvalue weighted by atomic mass is 16.2. The number of rotatable bonds is 4. The predicted molar refractivity (Wildman–Crippen MR) is 98.8 cm³/mol. The van der Waals surface area contributed by atoms with Crippen LogP contribution >= 0.6 is 0 Å². The van der Waals surface area contributed by atoms with E-state index in [-0.39, 0.29) is 17.4 Å². The Kier molecular flexibility index (Phi) is 5.35. The molecule has 1 fully saturated rings. The zero-order valence-corrected chi connectivity index (χ0v) is 15.3. The number of hydrogen-bond acceptors (Lipinski definition) is 4. The van der Waals surface area contributed by atoms with Crippen LogP contribution in [0.15, 0.2) is 29.3 Å². The molecule has 0 aliphatic carbocycles. The van der Waals surface area contributed by atoms with Crippen molar-refractivity contribution in [1.29, 1.82) is 0 Å². The van der Waals surface area contributed by atoms with Crippen molar-refractivity contribution in [3.63, 3.8) is 0 Å². The van der Waals surface area contributed by atoms with Gasteiger partial charge in [0.25, 0.3) is 5.56 Å². The molecule has 0 unspecified atom stereocenters. The maximum atomic E-state index is 12.5. The van der Waals surface area contributed by atoms with E-state index >= 15 is 0 Å². The van der Waals surface area contributed by atoms with Gasteiger partial charge in [0.2, 0.25) is 11.8 Å². The highest BCUT2D eigenvalue weighted by Crippen LogP contribution is 2.12. The van der Waals surface area contributed by atoms with Crippen molar-refractivity contribution in [2.45, 2.75) is 33.2 Å². The van der Waals surface area contributed by atoms with E-state index in [1.165, 1.54) is 0 Å². The van der Waals surface area contributed by atoms with Crippen LogP contribution in [-0.4, -0.2) is 57.3 Å². The molecule has 7 heteroatoms. The highest BCUT2D eigenvalue weighted by molar-refractivity contribution is 5.80. The van der Waals surface area contributed by atoms with Gasteiger partial charge in [-0.05, 0) is 25.0 Å². The molecule has 1 aliphatic rings. The molecule has 0 spiro atoms. The molecule has 0 radical (unpaired) electrons. The van der Waals surface area contributed by atoms with E-state index in [0.717, 1.165) is 11.1 Å². The predicted octanol–water partition coefficient (Wildman–Crippen LogP) is 1.18. The van der Waals surface area contributed by atoms with Crippen molar-refractivity contribution in [1.82, 2.24) is 19.4 Å². The summed E-state index contributed by atoms with van der Waals surface area (Å²) in [6.07, 6.45) is 2.54. The zero-order valence-electron chi connectivity index (χ0n) is 15.3. The van der Waals surface area contributed by atoms with Gasteiger partial charge in [-0.25, -0.2) is 4.98 Å². The molecule has 2 heterocycles. The molecule has 7 nitrogen and oxygen atoms in total. The van der Waals surface area contributed by atoms with Crippen molar-refractivity contribution < 1.29 is 9.59 Å². The van der Waals surface area contributed by atoms with Crippen molar-refractivity contribution in [2.75, 3.05) is 26.2 Å². The van der Waals surface area contributed by atoms with Crippen molar-refractivity contribution in [3.8, 4) is 0 Å². The van der Waals surface area contributed by atoms with Gasteiger partial charge in [0.15, 0.2) is 0 Å². The van der Waals surface area contributed by atoms with E-state index in [9.17, 15) is 14.4 Å². The number of piperazine rings is 1. The van der Waals surface area contributed by atoms with E-state index in [1.54, 1.807) is 33.7 Å². The summed E-state index contributed by atoms with van der Waals surface area (Å²) in [6.45, 7) is 6.29. The molecule has 0 atom stereocenters. The number of benzene rings is 1. The first-order valence-electron chi connectivity index (χ1n) is 8.95. The quantitative estimate of drug-likeness (QED) is 0.824. The second-order valence-corrected chi connectivity index (χ2v) is 6.70. The first kappa shape index (κ1) is 18.1. The molecular formula is C19H24N4O3. The third-order valence-electron chi connectivity index (χ3n) is 4.92. The first-order valence-corrected chi connectivity index (χ1v) is 8.95. The topological polar surface area (TPSA) is 75.5 Å². The summed E-state index contributed by atoms with van der Waals surface area (Å²) in [5, 5.41) is 0.610. The summed E-state index contributed by atoms with van der Waals surface area (Å²) < 4.78 is 1.57. The Morgan fingerprint density at radius 3 is 2.50 bits per heavy atom. The van der Waals surface area contributed by atoms with Gasteiger partial charge in [0.05, 0.1) is 17.2 Å². The number of amides is 2. The molecule has 1 aliphatic heterocycles. The van der Waals surface area contributed by atoms with Gasteiger partial charge in [-0.3, -0.25) is 19.0 Å². The molecule has 2 aromatic rings. The Labute approximate surface area is 152 Å². The Hall–Kier alpha value is -2.70. The summed E-state index contributed by atoms with van der Waals surface area (Å²) in [5.74, 6) is 0.126. The number of nitrogens with zero attached hydrogens (tertiary/aromatic N) is 4. The minimum absolute atomic E-state index is 0.0514. The number of hydrogen-bond donors (Lipinski definition) is 0. The van der Waals surface area contributed by atoms with Crippen LogP contribution in [0.3, 0.4) is 0 Å². The van der Waals surface area contributed by atoms with Crippen LogP contribution in [0.25, 0.3) is 10.9 Å². The minimum Gasteiger partial charge on any atom is -0.339 e. The normalized spacial score (nSPS) is 14.7. The number of aryl methyl sites for hydroxylation is 2. The fraction of sp³-hybridized carbons (Fsp3) is 0.474. The van der Waals surface area contributed by atoms with Gasteiger partial charge in [-0.2, -0.15) is 0 Å². The Balaban J connectivity index is 1.56. The van der Waals surface area contributed by atoms with Crippen LogP contribution in [0.5, 0.6) is 0 Å². The van der Waals surface area contributed by atoms with Gasteiger partial charge in [0, 0.05) is 46.1 Å². The number of carbonyl (C=O) groups excluding carboxylic acids is 2. The molecule has 1 saturated heterocycles. The van der Waals surface area contributed by atoms with E-state index in [1.807, 2.05) is 19.1 Å². The Morgan fingerprint density at radius 1 is 1.12 bits per heavy atom. The smallest absolute Gasteiger partial charge is 0.261 e. The lowest BCUT2D eigenvalue weighted by atomic mass is 10.1. The molecule has 0 saturated carbocycles. The van der Waals surface area contributed by atoms with Gasteiger partial charge < -0.3 is 9.80 Å². The van der Waals surface area contributed by atoms with Gasteiger partial charge in [-0.15, -0.1) is 0 Å². The summed E-state index contributed by atoms with van der Waals surface area (Å²) in [4.78, 5) is 44.1. The van der Waals surface area contributed by atoms with E-state index < -0.39 is 0 Å². The summed E-state index contributed by atoms with van der Waals surface area (Å²) in [7, 11) is 0. The average molecular weight is 356 g/mol. The molecule has 3 rings (SSSR count). The van der Waals surface area contributed by atoms with Crippen LogP contribution in [0.4, 0.5) is 0 Å². The number of aromatic nitrogens is 2. The van der Waals surface area contributed by atoms with Crippen LogP contribution in [0.2, 0.25) is 0 Å². The maximum Gasteiger partial charge on any atom is 0.261 e. The molecular weight excluding hydrogens is 332 g/mol. The van der Waals surface area contributed by atoms with Crippen molar-refractivity contribution >= 4 is 22.7 Å². The van der Waals surface area contributed by atoms with Gasteiger partial charge in [0.1, 0.15) is 0 Å². The standard InChI is InChI=1S/C19H24N4O3/c1-14-5-3-6-16-18(14)20-13-23(19(16)26)8-4-7-17(25)22-11-9-21(10-12-22)15(2)24/h3,5-6,13H,4,7-12H2,1-2H3. The highest BCUT2D eigenvalue weighted by Gasteiger charge is 2.21. The number of para-hydroxylation sites is 1. The van der Waals surface area contributed by atoms with Crippen LogP contribution < -0.4 is 5.56 Å². The van der Waals surface area contributed by atoms with E-state index in [2.05, 4.69) is 4.98 Å².